The van der Waals surface area contributed by atoms with Gasteiger partial charge in [-0.1, -0.05) is 25.1 Å². The summed E-state index contributed by atoms with van der Waals surface area (Å²) in [6.07, 6.45) is 2.26. The maximum absolute atomic E-state index is 12.2. The van der Waals surface area contributed by atoms with Gasteiger partial charge in [0.1, 0.15) is 5.75 Å². The van der Waals surface area contributed by atoms with Gasteiger partial charge in [-0.15, -0.1) is 0 Å². The van der Waals surface area contributed by atoms with E-state index >= 15 is 0 Å². The number of nitrogens with zero attached hydrogens (tertiary/aromatic N) is 1. The molecule has 1 aromatic rings. The lowest BCUT2D eigenvalue weighted by Gasteiger charge is -2.37. The molecule has 2 rings (SSSR count). The molecule has 0 aliphatic carbocycles. The summed E-state index contributed by atoms with van der Waals surface area (Å²) in [7, 11) is -1.87. The molecule has 142 valence electrons. The molecule has 1 unspecified atom stereocenters. The Kier molecular flexibility index (Phi) is 7.25. The van der Waals surface area contributed by atoms with Crippen LogP contribution in [0.25, 0.3) is 0 Å². The highest BCUT2D eigenvalue weighted by Crippen LogP contribution is 2.32. The van der Waals surface area contributed by atoms with Crippen molar-refractivity contribution < 1.29 is 13.2 Å². The molecular formula is C18H31N3O3S. The highest BCUT2D eigenvalue weighted by molar-refractivity contribution is 7.87. The molecule has 1 aliphatic rings. The number of hydrogen-bond donors (Lipinski definition) is 2. The molecule has 1 fully saturated rings. The number of rotatable bonds is 8. The van der Waals surface area contributed by atoms with Crippen LogP contribution in [0.5, 0.6) is 5.75 Å². The molecule has 1 aliphatic heterocycles. The first kappa shape index (κ1) is 20.2. The summed E-state index contributed by atoms with van der Waals surface area (Å²) >= 11 is 0. The molecule has 0 radical (unpaired) electrons. The summed E-state index contributed by atoms with van der Waals surface area (Å²) in [5, 5.41) is 0. The van der Waals surface area contributed by atoms with Crippen molar-refractivity contribution in [2.45, 2.75) is 45.7 Å². The topological polar surface area (TPSA) is 70.7 Å². The van der Waals surface area contributed by atoms with Crippen molar-refractivity contribution in [1.29, 1.82) is 0 Å². The summed E-state index contributed by atoms with van der Waals surface area (Å²) < 4.78 is 35.2. The van der Waals surface area contributed by atoms with Gasteiger partial charge in [0, 0.05) is 18.2 Å². The zero-order valence-electron chi connectivity index (χ0n) is 15.7. The monoisotopic (exact) mass is 369 g/mol. The van der Waals surface area contributed by atoms with E-state index in [0.29, 0.717) is 12.5 Å². The average Bonchev–Trinajstić information content (AvgIpc) is 2.55. The summed E-state index contributed by atoms with van der Waals surface area (Å²) in [6.45, 7) is 8.12. The van der Waals surface area contributed by atoms with E-state index in [2.05, 4.69) is 21.3 Å². The highest BCUT2D eigenvalue weighted by atomic mass is 32.2. The molecule has 0 spiro atoms. The normalized spacial score (nSPS) is 18.4. The van der Waals surface area contributed by atoms with Crippen LogP contribution in [0.3, 0.4) is 0 Å². The maximum atomic E-state index is 12.2. The van der Waals surface area contributed by atoms with Crippen LogP contribution >= 0.6 is 0 Å². The Morgan fingerprint density at radius 1 is 1.24 bits per heavy atom. The molecule has 2 N–H and O–H groups in total. The van der Waals surface area contributed by atoms with Gasteiger partial charge in [0.15, 0.2) is 0 Å². The Bertz CT molecular complexity index is 641. The van der Waals surface area contributed by atoms with Crippen molar-refractivity contribution in [3.63, 3.8) is 0 Å². The van der Waals surface area contributed by atoms with Crippen LogP contribution in [0.2, 0.25) is 0 Å². The lowest BCUT2D eigenvalue weighted by atomic mass is 9.95. The Morgan fingerprint density at radius 3 is 2.48 bits per heavy atom. The number of para-hydroxylation sites is 1. The van der Waals surface area contributed by atoms with Gasteiger partial charge < -0.3 is 4.74 Å². The van der Waals surface area contributed by atoms with Gasteiger partial charge in [0.05, 0.1) is 13.2 Å². The summed E-state index contributed by atoms with van der Waals surface area (Å²) in [5.41, 5.74) is 1.02. The molecule has 7 heteroatoms. The molecule has 1 aromatic carbocycles. The fraction of sp³-hybridized carbons (Fsp3) is 0.667. The number of hydrogen-bond acceptors (Lipinski definition) is 4. The van der Waals surface area contributed by atoms with Crippen LogP contribution in [0.15, 0.2) is 24.3 Å². The van der Waals surface area contributed by atoms with E-state index in [1.54, 1.807) is 7.11 Å². The smallest absolute Gasteiger partial charge is 0.277 e. The molecule has 1 atom stereocenters. The number of likely N-dealkylation sites (tertiary alicyclic amines) is 1. The first-order chi connectivity index (χ1) is 11.8. The molecule has 1 saturated heterocycles. The standard InChI is InChI=1S/C18H31N3O3S/c1-14(2)20-25(22,23)19-13-17(21-11-9-15(3)10-12-21)16-7-5-6-8-18(16)24-4/h5-8,14-15,17,19-20H,9-13H2,1-4H3. The van der Waals surface area contributed by atoms with Crippen molar-refractivity contribution in [2.24, 2.45) is 5.92 Å². The second-order valence-electron chi connectivity index (χ2n) is 7.10. The zero-order chi connectivity index (χ0) is 18.4. The van der Waals surface area contributed by atoms with Crippen LogP contribution in [-0.2, 0) is 10.2 Å². The van der Waals surface area contributed by atoms with Gasteiger partial charge in [0.2, 0.25) is 0 Å². The fourth-order valence-electron chi connectivity index (χ4n) is 3.26. The van der Waals surface area contributed by atoms with E-state index in [1.165, 1.54) is 0 Å². The second kappa shape index (κ2) is 8.98. The lowest BCUT2D eigenvalue weighted by Crippen LogP contribution is -2.46. The van der Waals surface area contributed by atoms with E-state index in [-0.39, 0.29) is 12.1 Å². The molecular weight excluding hydrogens is 338 g/mol. The largest absolute Gasteiger partial charge is 0.496 e. The first-order valence-electron chi connectivity index (χ1n) is 8.96. The summed E-state index contributed by atoms with van der Waals surface area (Å²) in [6, 6.07) is 7.66. The third-order valence-corrected chi connectivity index (χ3v) is 5.94. The number of piperidine rings is 1. The number of methoxy groups -OCH3 is 1. The average molecular weight is 370 g/mol. The lowest BCUT2D eigenvalue weighted by molar-refractivity contribution is 0.137. The Balaban J connectivity index is 2.20. The molecule has 0 bridgehead atoms. The molecule has 0 saturated carbocycles. The number of benzene rings is 1. The zero-order valence-corrected chi connectivity index (χ0v) is 16.5. The van der Waals surface area contributed by atoms with Gasteiger partial charge in [-0.2, -0.15) is 13.1 Å². The Labute approximate surface area is 152 Å². The van der Waals surface area contributed by atoms with Crippen molar-refractivity contribution in [3.05, 3.63) is 29.8 Å². The van der Waals surface area contributed by atoms with Gasteiger partial charge in [-0.3, -0.25) is 4.90 Å². The Morgan fingerprint density at radius 2 is 1.88 bits per heavy atom. The SMILES string of the molecule is COc1ccccc1C(CNS(=O)(=O)NC(C)C)N1CCC(C)CC1. The quantitative estimate of drug-likeness (QED) is 0.738. The third-order valence-electron chi connectivity index (χ3n) is 4.61. The van der Waals surface area contributed by atoms with Crippen LogP contribution in [-0.4, -0.2) is 46.1 Å². The van der Waals surface area contributed by atoms with Crippen LogP contribution in [0.1, 0.15) is 45.2 Å². The third kappa shape index (κ3) is 5.95. The Hall–Kier alpha value is -1.15. The number of ether oxygens (including phenoxy) is 1. The minimum atomic E-state index is -3.52. The molecule has 0 aromatic heterocycles. The first-order valence-corrected chi connectivity index (χ1v) is 10.4. The molecule has 0 amide bonds. The summed E-state index contributed by atoms with van der Waals surface area (Å²) in [5.74, 6) is 1.51. The molecule has 1 heterocycles. The highest BCUT2D eigenvalue weighted by Gasteiger charge is 2.28. The van der Waals surface area contributed by atoms with E-state index in [1.807, 2.05) is 38.1 Å². The van der Waals surface area contributed by atoms with E-state index in [9.17, 15) is 8.42 Å². The maximum Gasteiger partial charge on any atom is 0.277 e. The van der Waals surface area contributed by atoms with E-state index in [0.717, 1.165) is 37.2 Å². The minimum absolute atomic E-state index is 0.0487. The van der Waals surface area contributed by atoms with Crippen LogP contribution in [0, 0.1) is 5.92 Å². The fourth-order valence-corrected chi connectivity index (χ4v) is 4.34. The van der Waals surface area contributed by atoms with Gasteiger partial charge in [-0.05, 0) is 51.8 Å². The van der Waals surface area contributed by atoms with Crippen molar-refractivity contribution >= 4 is 10.2 Å². The van der Waals surface area contributed by atoms with E-state index < -0.39 is 10.2 Å². The molecule has 6 nitrogen and oxygen atoms in total. The second-order valence-corrected chi connectivity index (χ2v) is 8.63. The predicted molar refractivity (Wildman–Crippen MR) is 101 cm³/mol. The van der Waals surface area contributed by atoms with Crippen molar-refractivity contribution in [3.8, 4) is 5.75 Å². The van der Waals surface area contributed by atoms with Crippen molar-refractivity contribution in [2.75, 3.05) is 26.7 Å². The van der Waals surface area contributed by atoms with Gasteiger partial charge >= 0.3 is 0 Å². The number of nitrogens with one attached hydrogen (secondary N) is 2. The molecule has 25 heavy (non-hydrogen) atoms. The van der Waals surface area contributed by atoms with Crippen LogP contribution < -0.4 is 14.2 Å². The summed E-state index contributed by atoms with van der Waals surface area (Å²) in [4.78, 5) is 2.36. The van der Waals surface area contributed by atoms with Gasteiger partial charge in [-0.25, -0.2) is 4.72 Å². The minimum Gasteiger partial charge on any atom is -0.496 e. The van der Waals surface area contributed by atoms with Crippen molar-refractivity contribution in [1.82, 2.24) is 14.3 Å². The predicted octanol–water partition coefficient (Wildman–Crippen LogP) is 2.30. The van der Waals surface area contributed by atoms with Gasteiger partial charge in [0.25, 0.3) is 10.2 Å². The van der Waals surface area contributed by atoms with Crippen LogP contribution in [0.4, 0.5) is 0 Å². The van der Waals surface area contributed by atoms with E-state index in [4.69, 9.17) is 4.74 Å².